The molecule has 438 valence electrons. The maximum absolute atomic E-state index is 12.9. The fourth-order valence-electron chi connectivity index (χ4n) is 9.33. The second-order valence-electron chi connectivity index (χ2n) is 21.6. The summed E-state index contributed by atoms with van der Waals surface area (Å²) < 4.78 is 16.9. The smallest absolute Gasteiger partial charge is 0.306 e. The second kappa shape index (κ2) is 64.1. The van der Waals surface area contributed by atoms with Crippen molar-refractivity contribution >= 4 is 17.9 Å². The van der Waals surface area contributed by atoms with Crippen LogP contribution in [0.1, 0.15) is 323 Å². The highest BCUT2D eigenvalue weighted by molar-refractivity contribution is 5.71. The molecule has 0 aromatic heterocycles. The third kappa shape index (κ3) is 61.4. The van der Waals surface area contributed by atoms with Gasteiger partial charge in [-0.15, -0.1) is 0 Å². The average Bonchev–Trinajstić information content (AvgIpc) is 3.42. The molecule has 1 unspecified atom stereocenters. The molecule has 1 atom stereocenters. The summed E-state index contributed by atoms with van der Waals surface area (Å²) in [7, 11) is 0. The van der Waals surface area contributed by atoms with E-state index in [1.165, 1.54) is 173 Å². The van der Waals surface area contributed by atoms with Crippen LogP contribution in [0.25, 0.3) is 0 Å². The molecule has 76 heavy (non-hydrogen) atoms. The van der Waals surface area contributed by atoms with Crippen LogP contribution in [0.4, 0.5) is 0 Å². The number of unbranched alkanes of at least 4 members (excludes halogenated alkanes) is 34. The zero-order valence-electron chi connectivity index (χ0n) is 50.3. The third-order valence-electron chi connectivity index (χ3n) is 14.1. The van der Waals surface area contributed by atoms with E-state index in [-0.39, 0.29) is 31.1 Å². The Kier molecular flexibility index (Phi) is 61.2. The molecular formula is C70H122O6. The van der Waals surface area contributed by atoms with Gasteiger partial charge in [0.25, 0.3) is 0 Å². The third-order valence-corrected chi connectivity index (χ3v) is 14.1. The minimum atomic E-state index is -0.778. The van der Waals surface area contributed by atoms with Gasteiger partial charge in [0, 0.05) is 19.3 Å². The summed E-state index contributed by atoms with van der Waals surface area (Å²) in [4.78, 5) is 38.2. The zero-order valence-corrected chi connectivity index (χ0v) is 50.3. The molecule has 0 radical (unpaired) electrons. The van der Waals surface area contributed by atoms with Crippen molar-refractivity contribution in [2.24, 2.45) is 0 Å². The summed E-state index contributed by atoms with van der Waals surface area (Å²) in [5.74, 6) is -0.873. The van der Waals surface area contributed by atoms with Crippen LogP contribution >= 0.6 is 0 Å². The van der Waals surface area contributed by atoms with Crippen LogP contribution in [0.3, 0.4) is 0 Å². The number of hydrogen-bond acceptors (Lipinski definition) is 6. The van der Waals surface area contributed by atoms with Gasteiger partial charge in [0.05, 0.1) is 0 Å². The van der Waals surface area contributed by atoms with Crippen LogP contribution in [0.15, 0.2) is 85.1 Å². The minimum Gasteiger partial charge on any atom is -0.462 e. The Morgan fingerprint density at radius 1 is 0.276 bits per heavy atom. The molecule has 0 aromatic rings. The van der Waals surface area contributed by atoms with Crippen molar-refractivity contribution < 1.29 is 28.6 Å². The molecular weight excluding hydrogens is 937 g/mol. The molecule has 0 amide bonds. The van der Waals surface area contributed by atoms with Gasteiger partial charge in [-0.25, -0.2) is 0 Å². The lowest BCUT2D eigenvalue weighted by molar-refractivity contribution is -0.167. The number of hydrogen-bond donors (Lipinski definition) is 0. The molecule has 0 aromatic carbocycles. The Morgan fingerprint density at radius 3 is 0.803 bits per heavy atom. The monoisotopic (exact) mass is 1060 g/mol. The Balaban J connectivity index is 4.13. The van der Waals surface area contributed by atoms with E-state index < -0.39 is 6.10 Å². The first-order valence-corrected chi connectivity index (χ1v) is 32.6. The molecule has 0 aliphatic carbocycles. The summed E-state index contributed by atoms with van der Waals surface area (Å²) in [6.45, 7) is 6.43. The molecule has 0 aliphatic rings. The molecule has 0 heterocycles. The normalized spacial score (nSPS) is 12.6. The first-order chi connectivity index (χ1) is 37.5. The Morgan fingerprint density at radius 2 is 0.513 bits per heavy atom. The van der Waals surface area contributed by atoms with E-state index >= 15 is 0 Å². The Labute approximate surface area is 471 Å². The van der Waals surface area contributed by atoms with Crippen molar-refractivity contribution in [2.75, 3.05) is 13.2 Å². The molecule has 0 aliphatic heterocycles. The summed E-state index contributed by atoms with van der Waals surface area (Å²) in [6.07, 6.45) is 84.7. The topological polar surface area (TPSA) is 78.9 Å². The highest BCUT2D eigenvalue weighted by Crippen LogP contribution is 2.17. The van der Waals surface area contributed by atoms with Crippen LogP contribution in [-0.2, 0) is 28.6 Å². The zero-order chi connectivity index (χ0) is 55.0. The molecule has 0 spiro atoms. The maximum Gasteiger partial charge on any atom is 0.306 e. The van der Waals surface area contributed by atoms with E-state index in [1.807, 2.05) is 0 Å². The predicted molar refractivity (Wildman–Crippen MR) is 330 cm³/mol. The van der Waals surface area contributed by atoms with E-state index in [0.717, 1.165) is 109 Å². The fourth-order valence-corrected chi connectivity index (χ4v) is 9.33. The van der Waals surface area contributed by atoms with Gasteiger partial charge in [-0.05, 0) is 89.9 Å². The number of carbonyl (C=O) groups is 3. The van der Waals surface area contributed by atoms with Gasteiger partial charge in [0.2, 0.25) is 0 Å². The molecule has 0 rings (SSSR count). The second-order valence-corrected chi connectivity index (χ2v) is 21.6. The van der Waals surface area contributed by atoms with E-state index in [2.05, 4.69) is 106 Å². The van der Waals surface area contributed by atoms with Crippen molar-refractivity contribution in [3.63, 3.8) is 0 Å². The lowest BCUT2D eigenvalue weighted by atomic mass is 10.0. The lowest BCUT2D eigenvalue weighted by Gasteiger charge is -2.18. The summed E-state index contributed by atoms with van der Waals surface area (Å²) >= 11 is 0. The average molecular weight is 1060 g/mol. The molecule has 0 N–H and O–H groups in total. The Hall–Kier alpha value is -3.41. The highest BCUT2D eigenvalue weighted by atomic mass is 16.6. The van der Waals surface area contributed by atoms with Crippen molar-refractivity contribution in [2.45, 2.75) is 329 Å². The largest absolute Gasteiger partial charge is 0.462 e. The quantitative estimate of drug-likeness (QED) is 0.0261. The van der Waals surface area contributed by atoms with Gasteiger partial charge in [-0.3, -0.25) is 14.4 Å². The van der Waals surface area contributed by atoms with Crippen LogP contribution in [-0.4, -0.2) is 37.2 Å². The molecule has 0 fully saturated rings. The summed E-state index contributed by atoms with van der Waals surface area (Å²) in [5, 5.41) is 0. The van der Waals surface area contributed by atoms with Crippen LogP contribution in [0, 0.1) is 0 Å². The van der Waals surface area contributed by atoms with Crippen molar-refractivity contribution in [3.05, 3.63) is 85.1 Å². The van der Waals surface area contributed by atoms with Crippen molar-refractivity contribution in [3.8, 4) is 0 Å². The predicted octanol–water partition coefficient (Wildman–Crippen LogP) is 22.3. The molecule has 0 bridgehead atoms. The SMILES string of the molecule is CC/C=C\C/C=C\C/C=C\C/C=C\CCCCCCCCCCCCCCCCCCCCC(=O)OCC(COC(=O)CCCCCCCCCCCC)OC(=O)CCCCCCCCC/C=C\C/C=C\C/C=C\CC. The van der Waals surface area contributed by atoms with Gasteiger partial charge < -0.3 is 14.2 Å². The number of rotatable bonds is 59. The van der Waals surface area contributed by atoms with E-state index in [9.17, 15) is 14.4 Å². The van der Waals surface area contributed by atoms with Gasteiger partial charge in [0.1, 0.15) is 13.2 Å². The van der Waals surface area contributed by atoms with Crippen molar-refractivity contribution in [1.29, 1.82) is 0 Å². The van der Waals surface area contributed by atoms with Crippen LogP contribution < -0.4 is 0 Å². The lowest BCUT2D eigenvalue weighted by Crippen LogP contribution is -2.30. The molecule has 0 saturated heterocycles. The van der Waals surface area contributed by atoms with Crippen LogP contribution in [0.2, 0.25) is 0 Å². The number of carbonyl (C=O) groups excluding carboxylic acids is 3. The van der Waals surface area contributed by atoms with Crippen LogP contribution in [0.5, 0.6) is 0 Å². The van der Waals surface area contributed by atoms with E-state index in [1.54, 1.807) is 0 Å². The fraction of sp³-hybridized carbons (Fsp3) is 0.757. The van der Waals surface area contributed by atoms with Gasteiger partial charge in [0.15, 0.2) is 6.10 Å². The number of esters is 3. The maximum atomic E-state index is 12.9. The Bertz CT molecular complexity index is 1450. The van der Waals surface area contributed by atoms with Crippen molar-refractivity contribution in [1.82, 2.24) is 0 Å². The van der Waals surface area contributed by atoms with E-state index in [0.29, 0.717) is 19.3 Å². The molecule has 6 nitrogen and oxygen atoms in total. The molecule has 6 heteroatoms. The first-order valence-electron chi connectivity index (χ1n) is 32.6. The highest BCUT2D eigenvalue weighted by Gasteiger charge is 2.19. The van der Waals surface area contributed by atoms with Gasteiger partial charge in [-0.2, -0.15) is 0 Å². The van der Waals surface area contributed by atoms with Gasteiger partial charge >= 0.3 is 17.9 Å². The van der Waals surface area contributed by atoms with E-state index in [4.69, 9.17) is 14.2 Å². The number of ether oxygens (including phenoxy) is 3. The van der Waals surface area contributed by atoms with Gasteiger partial charge in [-0.1, -0.05) is 298 Å². The summed E-state index contributed by atoms with van der Waals surface area (Å²) in [5.41, 5.74) is 0. The minimum absolute atomic E-state index is 0.0759. The standard InChI is InChI=1S/C70H122O6/c1-4-7-10-13-16-19-22-24-26-28-29-30-31-32-33-34-35-36-37-38-39-40-41-43-44-46-48-51-54-57-60-63-69(72)75-66-67(65-74-68(71)62-59-56-53-50-21-18-15-12-9-6-3)76-70(73)64-61-58-55-52-49-47-45-42-27-25-23-20-17-14-11-8-5-2/h7-8,10-11,16-17,19-20,24-27,29-30,67H,4-6,9,12-15,18,21-23,28,31-66H2,1-3H3/b10-7-,11-8-,19-16-,20-17-,26-24-,27-25-,30-29-. The molecule has 0 saturated carbocycles. The first kappa shape index (κ1) is 72.6. The summed E-state index contributed by atoms with van der Waals surface area (Å²) in [6, 6.07) is 0. The number of allylic oxidation sites excluding steroid dienone is 14.